The Balaban J connectivity index is 1.29. The predicted octanol–water partition coefficient (Wildman–Crippen LogP) is 6.28. The molecule has 0 radical (unpaired) electrons. The fraction of sp³-hybridized carbons (Fsp3) is 0.465. The molecule has 3 aromatic heterocycles. The summed E-state index contributed by atoms with van der Waals surface area (Å²) in [5, 5.41) is 27.0. The van der Waals surface area contributed by atoms with Gasteiger partial charge in [0.15, 0.2) is 5.71 Å². The first-order valence-electron chi connectivity index (χ1n) is 35.0. The maximum Gasteiger partial charge on any atom is 0.294 e. The van der Waals surface area contributed by atoms with Gasteiger partial charge in [-0.05, 0) is 114 Å². The fourth-order valence-corrected chi connectivity index (χ4v) is 14.3. The van der Waals surface area contributed by atoms with Crippen LogP contribution in [0.1, 0.15) is 102 Å². The van der Waals surface area contributed by atoms with Gasteiger partial charge in [-0.15, -0.1) is 10.2 Å². The molecule has 5 N–H and O–H groups in total. The molecule has 5 heterocycles. The zero-order valence-electron chi connectivity index (χ0n) is 62.2. The SMILES string of the molecule is COCCOCCOCCOCc1cn(Cc2cc(C(=O)NCCC(=O)Nc3ccc(CN=[N+]=[N-])nc3)cc(Cn3cc(COCCOCCOCCOC)nn3)c2C(=C\C=C\C2=[N+](CCCS(=O)(=O)O)c3ccc(S(=O)(=O)[O-])cc3C2(C)C)/C=C/C=C2/N(CCCS(=O)(=O)O)c3ccc(S(=O)(=O)O)cc3C2(C)C)nn1. The van der Waals surface area contributed by atoms with Gasteiger partial charge in [0.1, 0.15) is 28.1 Å². The average Bonchev–Trinajstić information content (AvgIpc) is 1.59. The number of allylic oxidation sites excluding steroid dienone is 8. The zero-order chi connectivity index (χ0) is 80.4. The number of anilines is 2. The third kappa shape index (κ3) is 26.6. The van der Waals surface area contributed by atoms with E-state index in [4.69, 9.17) is 43.4 Å². The second-order valence-corrected chi connectivity index (χ2v) is 32.3. The van der Waals surface area contributed by atoms with Crippen LogP contribution >= 0.6 is 0 Å². The van der Waals surface area contributed by atoms with E-state index in [0.717, 1.165) is 6.07 Å². The number of carbonyl (C=O) groups excluding carboxylic acids is 2. The molecule has 0 saturated heterocycles. The first-order valence-corrected chi connectivity index (χ1v) is 41.1. The molecular formula is C71H92N14O22S4. The van der Waals surface area contributed by atoms with Crippen LogP contribution in [0.4, 0.5) is 17.1 Å². The quantitative estimate of drug-likeness (QED) is 0.00533. The number of nitrogens with zero attached hydrogens (tertiary/aromatic N) is 12. The van der Waals surface area contributed by atoms with Gasteiger partial charge in [-0.2, -0.15) is 29.8 Å². The second-order valence-electron chi connectivity index (χ2n) is 26.4. The van der Waals surface area contributed by atoms with Crippen molar-refractivity contribution in [2.24, 2.45) is 5.11 Å². The lowest BCUT2D eigenvalue weighted by molar-refractivity contribution is -0.437. The number of amides is 2. The lowest BCUT2D eigenvalue weighted by Crippen LogP contribution is -2.28. The Bertz CT molecular complexity index is 4820. The van der Waals surface area contributed by atoms with Crippen molar-refractivity contribution in [3.05, 3.63) is 182 Å². The monoisotopic (exact) mass is 1620 g/mol. The Hall–Kier alpha value is -8.91. The number of hydrogen-bond acceptors (Lipinski definition) is 26. The Morgan fingerprint density at radius 1 is 0.676 bits per heavy atom. The Morgan fingerprint density at radius 3 is 1.77 bits per heavy atom. The van der Waals surface area contributed by atoms with Gasteiger partial charge in [-0.25, -0.2) is 17.8 Å². The smallest absolute Gasteiger partial charge is 0.294 e. The zero-order valence-corrected chi connectivity index (χ0v) is 65.5. The molecule has 0 bridgehead atoms. The third-order valence-electron chi connectivity index (χ3n) is 17.5. The van der Waals surface area contributed by atoms with Crippen molar-refractivity contribution in [2.75, 3.05) is 135 Å². The first kappa shape index (κ1) is 87.7. The van der Waals surface area contributed by atoms with Crippen LogP contribution in [0, 0.1) is 0 Å². The van der Waals surface area contributed by atoms with E-state index in [-0.39, 0.29) is 104 Å². The third-order valence-corrected chi connectivity index (χ3v) is 20.8. The van der Waals surface area contributed by atoms with Gasteiger partial charge < -0.3 is 58.0 Å². The number of benzene rings is 3. The van der Waals surface area contributed by atoms with E-state index in [0.29, 0.717) is 132 Å². The highest BCUT2D eigenvalue weighted by molar-refractivity contribution is 7.86. The van der Waals surface area contributed by atoms with Crippen molar-refractivity contribution in [3.8, 4) is 0 Å². The Labute approximate surface area is 644 Å². The normalized spacial score (nSPS) is 14.8. The lowest BCUT2D eigenvalue weighted by Gasteiger charge is -2.27. The Morgan fingerprint density at radius 2 is 1.23 bits per heavy atom. The number of rotatable bonds is 48. The maximum atomic E-state index is 14.9. The van der Waals surface area contributed by atoms with E-state index in [9.17, 15) is 61.5 Å². The molecular weight excluding hydrogens is 1530 g/mol. The summed E-state index contributed by atoms with van der Waals surface area (Å²) in [6, 6.07) is 14.3. The molecule has 40 heteroatoms. The standard InChI is InChI=1S/C71H92N14O22S4/c1-70(2)61-41-59(110(94,95)96)17-19-63(61)84(23-9-37-108(88,89)90)65(70)13-7-11-51(12-8-14-66-71(3,4)62-42-60(111(97,98)99)18-20-64(62)85(66)24-10-38-109(91,92)93)68-53(45-82-47-57(77-80-82)49-106-35-33-104-31-29-102-27-25-100-5)39-52(69(87)73-22-21-67(86)76-56-16-15-55(74-43-56)44-75-79-72)40-54(68)46-83-48-58(78-81-83)50-107-36-34-105-32-30-103-28-26-101-6/h7-8,11-20,39-43,47-48H,9-10,21-38,44-46,49-50H2,1-6H3,(H5-,73,76,86,87,88,89,90,91,92,93,94,95,96,97,98,99). The van der Waals surface area contributed by atoms with Gasteiger partial charge in [0.05, 0.1) is 163 Å². The van der Waals surface area contributed by atoms with Crippen LogP contribution in [-0.4, -0.2) is 234 Å². The minimum absolute atomic E-state index is 0.00256. The van der Waals surface area contributed by atoms with E-state index in [1.807, 2.05) is 0 Å². The maximum absolute atomic E-state index is 14.9. The molecule has 602 valence electrons. The van der Waals surface area contributed by atoms with E-state index < -0.39 is 84.4 Å². The number of hydrogen-bond donors (Lipinski definition) is 5. The van der Waals surface area contributed by atoms with Gasteiger partial charge >= 0.3 is 0 Å². The van der Waals surface area contributed by atoms with Crippen LogP contribution in [0.2, 0.25) is 0 Å². The van der Waals surface area contributed by atoms with Crippen LogP contribution in [-0.2, 0) is 127 Å². The highest BCUT2D eigenvalue weighted by Gasteiger charge is 2.45. The molecule has 0 unspecified atom stereocenters. The van der Waals surface area contributed by atoms with Gasteiger partial charge in [-0.3, -0.25) is 28.2 Å². The number of carbonyl (C=O) groups is 2. The van der Waals surface area contributed by atoms with Crippen molar-refractivity contribution in [2.45, 2.75) is 100 Å². The van der Waals surface area contributed by atoms with Crippen LogP contribution < -0.4 is 15.5 Å². The second kappa shape index (κ2) is 41.0. The van der Waals surface area contributed by atoms with Crippen molar-refractivity contribution in [1.82, 2.24) is 40.3 Å². The molecule has 2 aliphatic rings. The van der Waals surface area contributed by atoms with Gasteiger partial charge in [0.2, 0.25) is 11.6 Å². The number of azide groups is 1. The molecule has 0 saturated carbocycles. The molecule has 2 amide bonds. The highest BCUT2D eigenvalue weighted by Crippen LogP contribution is 2.49. The number of fused-ring (bicyclic) bond motifs is 2. The molecule has 111 heavy (non-hydrogen) atoms. The minimum Gasteiger partial charge on any atom is -0.744 e. The van der Waals surface area contributed by atoms with Crippen molar-refractivity contribution in [3.63, 3.8) is 0 Å². The number of aromatic nitrogens is 7. The summed E-state index contributed by atoms with van der Waals surface area (Å²) >= 11 is 0. The molecule has 3 aromatic carbocycles. The van der Waals surface area contributed by atoms with E-state index in [1.165, 1.54) is 45.9 Å². The summed E-state index contributed by atoms with van der Waals surface area (Å²) < 4.78 is 191. The van der Waals surface area contributed by atoms with Gasteiger partial charge in [-0.1, -0.05) is 53.7 Å². The predicted molar refractivity (Wildman–Crippen MR) is 404 cm³/mol. The number of pyridine rings is 1. The number of ether oxygens (including phenoxy) is 8. The molecule has 36 nitrogen and oxygen atoms in total. The van der Waals surface area contributed by atoms with Crippen molar-refractivity contribution >= 4 is 80.6 Å². The van der Waals surface area contributed by atoms with E-state index in [1.54, 1.807) is 125 Å². The van der Waals surface area contributed by atoms with Crippen LogP contribution in [0.5, 0.6) is 0 Å². The molecule has 0 aliphatic carbocycles. The van der Waals surface area contributed by atoms with Crippen LogP contribution in [0.25, 0.3) is 16.0 Å². The summed E-state index contributed by atoms with van der Waals surface area (Å²) in [5.74, 6) is -2.35. The number of nitrogens with one attached hydrogen (secondary N) is 2. The summed E-state index contributed by atoms with van der Waals surface area (Å²) in [7, 11) is -15.5. The van der Waals surface area contributed by atoms with Gasteiger partial charge in [0.25, 0.3) is 36.3 Å². The molecule has 6 aromatic rings. The molecule has 0 spiro atoms. The molecule has 0 atom stereocenters. The lowest BCUT2D eigenvalue weighted by atomic mass is 9.81. The molecule has 0 fully saturated rings. The van der Waals surface area contributed by atoms with Crippen LogP contribution in [0.3, 0.4) is 0 Å². The Kier molecular flexibility index (Phi) is 32.4. The van der Waals surface area contributed by atoms with Crippen molar-refractivity contribution in [1.29, 1.82) is 0 Å². The van der Waals surface area contributed by atoms with Crippen molar-refractivity contribution < 1.29 is 104 Å². The topological polar surface area (TPSA) is 482 Å². The van der Waals surface area contributed by atoms with Gasteiger partial charge in [0, 0.05) is 90.8 Å². The highest BCUT2D eigenvalue weighted by atomic mass is 32.2. The van der Waals surface area contributed by atoms with Crippen LogP contribution in [0.15, 0.2) is 136 Å². The number of methoxy groups -OCH3 is 2. The van der Waals surface area contributed by atoms with E-state index >= 15 is 0 Å². The largest absolute Gasteiger partial charge is 0.744 e. The summed E-state index contributed by atoms with van der Waals surface area (Å²) in [6.45, 7) is 10.7. The summed E-state index contributed by atoms with van der Waals surface area (Å²) in [6.07, 6.45) is 14.6. The fourth-order valence-electron chi connectivity index (χ4n) is 12.3. The average molecular weight is 1620 g/mol. The molecule has 2 aliphatic heterocycles. The molecule has 8 rings (SSSR count). The van der Waals surface area contributed by atoms with E-state index in [2.05, 4.69) is 46.3 Å². The summed E-state index contributed by atoms with van der Waals surface area (Å²) in [5.41, 5.74) is 12.8. The summed E-state index contributed by atoms with van der Waals surface area (Å²) in [4.78, 5) is 36.1. The first-order chi connectivity index (χ1) is 52.8. The minimum atomic E-state index is -4.98.